The molecule has 0 saturated carbocycles. The number of thiazole rings is 1. The van der Waals surface area contributed by atoms with Crippen molar-refractivity contribution in [3.63, 3.8) is 0 Å². The number of hydrogen-bond acceptors (Lipinski definition) is 3. The summed E-state index contributed by atoms with van der Waals surface area (Å²) >= 11 is 1.44. The van der Waals surface area contributed by atoms with Crippen molar-refractivity contribution in [3.8, 4) is 17.0 Å². The van der Waals surface area contributed by atoms with Crippen LogP contribution in [0.3, 0.4) is 0 Å². The first-order valence-corrected chi connectivity index (χ1v) is 7.18. The van der Waals surface area contributed by atoms with E-state index in [9.17, 15) is 8.78 Å². The maximum atomic E-state index is 13.4. The van der Waals surface area contributed by atoms with Crippen molar-refractivity contribution < 1.29 is 13.5 Å². The molecule has 106 valence electrons. The summed E-state index contributed by atoms with van der Waals surface area (Å²) < 4.78 is 31.6. The number of ether oxygens (including phenoxy) is 1. The molecule has 3 aromatic rings. The fraction of sp³-hybridized carbons (Fsp3) is 0.0625. The van der Waals surface area contributed by atoms with Crippen LogP contribution >= 0.6 is 11.3 Å². The van der Waals surface area contributed by atoms with E-state index in [-0.39, 0.29) is 12.4 Å². The van der Waals surface area contributed by atoms with Gasteiger partial charge < -0.3 is 4.74 Å². The van der Waals surface area contributed by atoms with Gasteiger partial charge in [-0.25, -0.2) is 13.8 Å². The van der Waals surface area contributed by atoms with Gasteiger partial charge in [0.05, 0.1) is 5.69 Å². The highest BCUT2D eigenvalue weighted by molar-refractivity contribution is 7.09. The molecule has 0 saturated heterocycles. The van der Waals surface area contributed by atoms with Crippen LogP contribution in [-0.2, 0) is 6.61 Å². The molecule has 0 bridgehead atoms. The minimum absolute atomic E-state index is 0.0212. The lowest BCUT2D eigenvalue weighted by Gasteiger charge is -2.04. The quantitative estimate of drug-likeness (QED) is 0.699. The van der Waals surface area contributed by atoms with E-state index >= 15 is 0 Å². The first kappa shape index (κ1) is 13.7. The van der Waals surface area contributed by atoms with Gasteiger partial charge in [0.1, 0.15) is 17.4 Å². The number of aromatic nitrogens is 1. The van der Waals surface area contributed by atoms with Crippen molar-refractivity contribution in [1.29, 1.82) is 0 Å². The molecular formula is C16H11F2NOS. The summed E-state index contributed by atoms with van der Waals surface area (Å²) in [5.74, 6) is -1.32. The molecule has 0 spiro atoms. The second kappa shape index (κ2) is 6.01. The summed E-state index contributed by atoms with van der Waals surface area (Å²) in [4.78, 5) is 4.44. The van der Waals surface area contributed by atoms with Crippen molar-refractivity contribution in [2.75, 3.05) is 0 Å². The molecule has 0 aliphatic heterocycles. The van der Waals surface area contributed by atoms with Gasteiger partial charge in [-0.05, 0) is 12.1 Å². The molecule has 0 aliphatic rings. The first-order chi connectivity index (χ1) is 10.2. The monoisotopic (exact) mass is 303 g/mol. The second-order valence-electron chi connectivity index (χ2n) is 4.36. The van der Waals surface area contributed by atoms with E-state index in [0.717, 1.165) is 28.4 Å². The molecule has 0 atom stereocenters. The number of rotatable bonds is 4. The third-order valence-corrected chi connectivity index (χ3v) is 3.69. The molecule has 0 radical (unpaired) electrons. The van der Waals surface area contributed by atoms with E-state index in [1.54, 1.807) is 0 Å². The maximum absolute atomic E-state index is 13.4. The molecule has 2 aromatic carbocycles. The highest BCUT2D eigenvalue weighted by Gasteiger charge is 2.08. The Morgan fingerprint density at radius 3 is 2.62 bits per heavy atom. The van der Waals surface area contributed by atoms with Crippen LogP contribution in [0.1, 0.15) is 5.01 Å². The predicted molar refractivity (Wildman–Crippen MR) is 78.2 cm³/mol. The van der Waals surface area contributed by atoms with Gasteiger partial charge in [0.15, 0.2) is 11.6 Å². The Balaban J connectivity index is 1.70. The van der Waals surface area contributed by atoms with Crippen molar-refractivity contribution in [3.05, 3.63) is 70.6 Å². The molecule has 1 heterocycles. The lowest BCUT2D eigenvalue weighted by atomic mass is 10.2. The van der Waals surface area contributed by atoms with Crippen LogP contribution in [0.25, 0.3) is 11.3 Å². The van der Waals surface area contributed by atoms with Crippen LogP contribution in [0.15, 0.2) is 53.9 Å². The average molecular weight is 303 g/mol. The Morgan fingerprint density at radius 1 is 1.05 bits per heavy atom. The number of nitrogens with zero attached hydrogens (tertiary/aromatic N) is 1. The molecule has 0 unspecified atom stereocenters. The average Bonchev–Trinajstić information content (AvgIpc) is 2.96. The Hall–Kier alpha value is -2.27. The van der Waals surface area contributed by atoms with Crippen LogP contribution in [0.5, 0.6) is 5.75 Å². The zero-order valence-corrected chi connectivity index (χ0v) is 11.7. The second-order valence-corrected chi connectivity index (χ2v) is 5.30. The van der Waals surface area contributed by atoms with Crippen LogP contribution in [0.4, 0.5) is 8.78 Å². The Kier molecular flexibility index (Phi) is 3.92. The highest BCUT2D eigenvalue weighted by Crippen LogP contribution is 2.23. The highest BCUT2D eigenvalue weighted by atomic mass is 32.1. The minimum Gasteiger partial charge on any atom is -0.483 e. The van der Waals surface area contributed by atoms with Gasteiger partial charge in [-0.2, -0.15) is 0 Å². The van der Waals surface area contributed by atoms with E-state index in [1.165, 1.54) is 17.4 Å². The summed E-state index contributed by atoms with van der Waals surface area (Å²) in [5, 5.41) is 2.66. The van der Waals surface area contributed by atoms with Crippen molar-refractivity contribution in [1.82, 2.24) is 4.98 Å². The predicted octanol–water partition coefficient (Wildman–Crippen LogP) is 4.67. The smallest absolute Gasteiger partial charge is 0.167 e. The van der Waals surface area contributed by atoms with Gasteiger partial charge in [0.2, 0.25) is 0 Å². The number of halogens is 2. The molecule has 1 aromatic heterocycles. The van der Waals surface area contributed by atoms with Crippen LogP contribution in [-0.4, -0.2) is 4.98 Å². The molecular weight excluding hydrogens is 292 g/mol. The van der Waals surface area contributed by atoms with Gasteiger partial charge in [0.25, 0.3) is 0 Å². The molecule has 0 N–H and O–H groups in total. The largest absolute Gasteiger partial charge is 0.483 e. The molecule has 21 heavy (non-hydrogen) atoms. The van der Waals surface area contributed by atoms with Gasteiger partial charge in [-0.3, -0.25) is 0 Å². The minimum atomic E-state index is -0.713. The number of benzene rings is 2. The summed E-state index contributed by atoms with van der Waals surface area (Å²) in [6.07, 6.45) is 0. The SMILES string of the molecule is Fc1ccc(OCc2nc(-c3ccccc3)cs2)c(F)c1. The molecule has 3 rings (SSSR count). The van der Waals surface area contributed by atoms with Crippen LogP contribution in [0, 0.1) is 11.6 Å². The lowest BCUT2D eigenvalue weighted by Crippen LogP contribution is -1.97. The van der Waals surface area contributed by atoms with E-state index in [2.05, 4.69) is 4.98 Å². The molecule has 2 nitrogen and oxygen atoms in total. The van der Waals surface area contributed by atoms with Crippen molar-refractivity contribution >= 4 is 11.3 Å². The molecule has 0 aliphatic carbocycles. The third kappa shape index (κ3) is 3.25. The van der Waals surface area contributed by atoms with Gasteiger partial charge >= 0.3 is 0 Å². The summed E-state index contributed by atoms with van der Waals surface area (Å²) in [5.41, 5.74) is 1.88. The Labute approximate surface area is 124 Å². The zero-order chi connectivity index (χ0) is 14.7. The van der Waals surface area contributed by atoms with Crippen molar-refractivity contribution in [2.24, 2.45) is 0 Å². The molecule has 5 heteroatoms. The normalized spacial score (nSPS) is 10.6. The third-order valence-electron chi connectivity index (χ3n) is 2.87. The summed E-state index contributed by atoms with van der Waals surface area (Å²) in [6.45, 7) is 0.153. The molecule has 0 fully saturated rings. The number of hydrogen-bond donors (Lipinski definition) is 0. The lowest BCUT2D eigenvalue weighted by molar-refractivity contribution is 0.289. The molecule has 0 amide bonds. The maximum Gasteiger partial charge on any atom is 0.167 e. The topological polar surface area (TPSA) is 22.1 Å². The Bertz CT molecular complexity index is 743. The van der Waals surface area contributed by atoms with E-state index in [0.29, 0.717) is 0 Å². The van der Waals surface area contributed by atoms with Gasteiger partial charge in [0, 0.05) is 17.0 Å². The van der Waals surface area contributed by atoms with E-state index in [4.69, 9.17) is 4.74 Å². The standard InChI is InChI=1S/C16H11F2NOS/c17-12-6-7-15(13(18)8-12)20-9-16-19-14(10-21-16)11-4-2-1-3-5-11/h1-8,10H,9H2. The fourth-order valence-corrected chi connectivity index (χ4v) is 2.56. The van der Waals surface area contributed by atoms with Crippen LogP contribution in [0.2, 0.25) is 0 Å². The first-order valence-electron chi connectivity index (χ1n) is 6.30. The fourth-order valence-electron chi connectivity index (χ4n) is 1.85. The summed E-state index contributed by atoms with van der Waals surface area (Å²) in [7, 11) is 0. The van der Waals surface area contributed by atoms with Crippen LogP contribution < -0.4 is 4.74 Å². The van der Waals surface area contributed by atoms with Gasteiger partial charge in [-0.1, -0.05) is 30.3 Å². The van der Waals surface area contributed by atoms with Gasteiger partial charge in [-0.15, -0.1) is 11.3 Å². The zero-order valence-electron chi connectivity index (χ0n) is 10.9. The van der Waals surface area contributed by atoms with Crippen molar-refractivity contribution in [2.45, 2.75) is 6.61 Å². The summed E-state index contributed by atoms with van der Waals surface area (Å²) in [6, 6.07) is 13.0. The Morgan fingerprint density at radius 2 is 1.86 bits per heavy atom. The van der Waals surface area contributed by atoms with E-state index < -0.39 is 11.6 Å². The van der Waals surface area contributed by atoms with E-state index in [1.807, 2.05) is 35.7 Å².